The third-order valence-electron chi connectivity index (χ3n) is 2.85. The van der Waals surface area contributed by atoms with Crippen molar-refractivity contribution >= 4 is 11.8 Å². The van der Waals surface area contributed by atoms with Crippen LogP contribution in [0.2, 0.25) is 0 Å². The van der Waals surface area contributed by atoms with Crippen LogP contribution in [-0.2, 0) is 9.59 Å². The second kappa shape index (κ2) is 2.67. The summed E-state index contributed by atoms with van der Waals surface area (Å²) in [4.78, 5) is 24.1. The number of amides is 2. The molecule has 0 radical (unpaired) electrons. The minimum Gasteiger partial charge on any atom is -0.312 e. The van der Waals surface area contributed by atoms with Crippen molar-refractivity contribution in [2.75, 3.05) is 13.1 Å². The van der Waals surface area contributed by atoms with Gasteiger partial charge in [0.05, 0.1) is 5.54 Å². The summed E-state index contributed by atoms with van der Waals surface area (Å²) in [5.74, 6) is -0.346. The zero-order valence-corrected chi connectivity index (χ0v) is 7.54. The Kier molecular flexibility index (Phi) is 1.73. The molecule has 1 saturated heterocycles. The van der Waals surface area contributed by atoms with Gasteiger partial charge >= 0.3 is 0 Å². The summed E-state index contributed by atoms with van der Waals surface area (Å²) < 4.78 is 0. The van der Waals surface area contributed by atoms with Crippen molar-refractivity contribution in [2.45, 2.75) is 18.9 Å². The maximum atomic E-state index is 11.4. The zero-order valence-electron chi connectivity index (χ0n) is 7.54. The lowest BCUT2D eigenvalue weighted by Gasteiger charge is -2.47. The molecular formula is C9H12N2O2. The van der Waals surface area contributed by atoms with E-state index in [1.165, 1.54) is 17.1 Å². The van der Waals surface area contributed by atoms with E-state index in [2.05, 4.69) is 5.32 Å². The van der Waals surface area contributed by atoms with Crippen molar-refractivity contribution in [3.8, 4) is 0 Å². The van der Waals surface area contributed by atoms with E-state index in [-0.39, 0.29) is 17.4 Å². The van der Waals surface area contributed by atoms with E-state index in [1.807, 2.05) is 6.92 Å². The van der Waals surface area contributed by atoms with Gasteiger partial charge in [0.2, 0.25) is 0 Å². The minimum absolute atomic E-state index is 0.173. The molecule has 0 aromatic carbocycles. The number of hydrogen-bond acceptors (Lipinski definition) is 3. The highest BCUT2D eigenvalue weighted by Crippen LogP contribution is 2.27. The van der Waals surface area contributed by atoms with Crippen LogP contribution in [0.4, 0.5) is 0 Å². The highest BCUT2D eigenvalue weighted by Gasteiger charge is 2.47. The van der Waals surface area contributed by atoms with E-state index in [0.29, 0.717) is 0 Å². The van der Waals surface area contributed by atoms with Crippen LogP contribution in [0.5, 0.6) is 0 Å². The Morgan fingerprint density at radius 3 is 2.23 bits per heavy atom. The van der Waals surface area contributed by atoms with Crippen molar-refractivity contribution < 1.29 is 9.59 Å². The van der Waals surface area contributed by atoms with Gasteiger partial charge in [-0.15, -0.1) is 0 Å². The summed E-state index contributed by atoms with van der Waals surface area (Å²) >= 11 is 0. The molecule has 0 saturated carbocycles. The Bertz CT molecular complexity index is 268. The molecular weight excluding hydrogens is 168 g/mol. The minimum atomic E-state index is -0.252. The molecule has 1 N–H and O–H groups in total. The summed E-state index contributed by atoms with van der Waals surface area (Å²) in [6.45, 7) is 3.45. The lowest BCUT2D eigenvalue weighted by atomic mass is 9.87. The fourth-order valence-corrected chi connectivity index (χ4v) is 1.85. The van der Waals surface area contributed by atoms with Crippen LogP contribution >= 0.6 is 0 Å². The zero-order chi connectivity index (χ0) is 9.47. The molecule has 0 atom stereocenters. The molecule has 2 amide bonds. The fourth-order valence-electron chi connectivity index (χ4n) is 1.85. The third kappa shape index (κ3) is 1.02. The molecule has 13 heavy (non-hydrogen) atoms. The van der Waals surface area contributed by atoms with Crippen LogP contribution in [-0.4, -0.2) is 35.3 Å². The molecule has 0 aromatic heterocycles. The van der Waals surface area contributed by atoms with Gasteiger partial charge in [-0.3, -0.25) is 14.5 Å². The molecule has 0 aromatic rings. The molecule has 0 bridgehead atoms. The second-order valence-corrected chi connectivity index (χ2v) is 3.53. The summed E-state index contributed by atoms with van der Waals surface area (Å²) in [5, 5.41) is 3.10. The van der Waals surface area contributed by atoms with Gasteiger partial charge in [-0.1, -0.05) is 6.92 Å². The summed E-state index contributed by atoms with van der Waals surface area (Å²) in [6.07, 6.45) is 3.51. The number of imide groups is 1. The average molecular weight is 180 g/mol. The van der Waals surface area contributed by atoms with E-state index in [4.69, 9.17) is 0 Å². The van der Waals surface area contributed by atoms with Crippen molar-refractivity contribution in [3.05, 3.63) is 12.2 Å². The number of nitrogens with zero attached hydrogens (tertiary/aromatic N) is 1. The monoisotopic (exact) mass is 180 g/mol. The smallest absolute Gasteiger partial charge is 0.254 e. The number of hydrogen-bond donors (Lipinski definition) is 1. The van der Waals surface area contributed by atoms with Crippen LogP contribution in [0.3, 0.4) is 0 Å². The number of nitrogens with one attached hydrogen (secondary N) is 1. The van der Waals surface area contributed by atoms with E-state index >= 15 is 0 Å². The lowest BCUT2D eigenvalue weighted by molar-refractivity contribution is -0.146. The van der Waals surface area contributed by atoms with Crippen molar-refractivity contribution in [1.82, 2.24) is 10.2 Å². The Morgan fingerprint density at radius 2 is 1.92 bits per heavy atom. The molecule has 1 fully saturated rings. The van der Waals surface area contributed by atoms with Crippen LogP contribution in [0, 0.1) is 0 Å². The molecule has 2 rings (SSSR count). The Balaban J connectivity index is 2.24. The quantitative estimate of drug-likeness (QED) is 0.592. The number of carbonyl (C=O) groups excluding carboxylic acids is 2. The van der Waals surface area contributed by atoms with Gasteiger partial charge in [0.15, 0.2) is 0 Å². The first kappa shape index (κ1) is 8.44. The lowest BCUT2D eigenvalue weighted by Crippen LogP contribution is -2.69. The van der Waals surface area contributed by atoms with Crippen molar-refractivity contribution in [2.24, 2.45) is 0 Å². The van der Waals surface area contributed by atoms with Crippen molar-refractivity contribution in [1.29, 1.82) is 0 Å². The predicted molar refractivity (Wildman–Crippen MR) is 46.9 cm³/mol. The molecule has 70 valence electrons. The molecule has 0 spiro atoms. The summed E-state index contributed by atoms with van der Waals surface area (Å²) in [5.41, 5.74) is -0.252. The van der Waals surface area contributed by atoms with Gasteiger partial charge in [0, 0.05) is 25.2 Å². The number of rotatable bonds is 2. The van der Waals surface area contributed by atoms with Gasteiger partial charge < -0.3 is 5.32 Å². The fraction of sp³-hybridized carbons (Fsp3) is 0.556. The van der Waals surface area contributed by atoms with Gasteiger partial charge in [-0.2, -0.15) is 0 Å². The van der Waals surface area contributed by atoms with Crippen LogP contribution in [0.15, 0.2) is 12.2 Å². The van der Waals surface area contributed by atoms with Crippen LogP contribution < -0.4 is 5.32 Å². The maximum Gasteiger partial charge on any atom is 0.254 e. The molecule has 4 nitrogen and oxygen atoms in total. The van der Waals surface area contributed by atoms with E-state index in [0.717, 1.165) is 19.5 Å². The molecule has 0 aliphatic carbocycles. The first-order chi connectivity index (χ1) is 6.19. The van der Waals surface area contributed by atoms with Gasteiger partial charge in [0.1, 0.15) is 0 Å². The SMILES string of the molecule is CCC1(N2C(=O)C=CC2=O)CNC1. The van der Waals surface area contributed by atoms with Gasteiger partial charge in [0.25, 0.3) is 11.8 Å². The Hall–Kier alpha value is -1.16. The van der Waals surface area contributed by atoms with E-state index < -0.39 is 0 Å². The molecule has 0 unspecified atom stereocenters. The second-order valence-electron chi connectivity index (χ2n) is 3.53. The Morgan fingerprint density at radius 1 is 1.38 bits per heavy atom. The van der Waals surface area contributed by atoms with Gasteiger partial charge in [-0.25, -0.2) is 0 Å². The largest absolute Gasteiger partial charge is 0.312 e. The first-order valence-corrected chi connectivity index (χ1v) is 4.46. The summed E-state index contributed by atoms with van der Waals surface area (Å²) in [7, 11) is 0. The van der Waals surface area contributed by atoms with Crippen LogP contribution in [0.25, 0.3) is 0 Å². The molecule has 2 heterocycles. The van der Waals surface area contributed by atoms with E-state index in [1.54, 1.807) is 0 Å². The normalized spacial score (nSPS) is 25.2. The van der Waals surface area contributed by atoms with Crippen molar-refractivity contribution in [3.63, 3.8) is 0 Å². The van der Waals surface area contributed by atoms with Gasteiger partial charge in [-0.05, 0) is 6.42 Å². The Labute approximate surface area is 76.6 Å². The highest BCUT2D eigenvalue weighted by atomic mass is 16.2. The topological polar surface area (TPSA) is 49.4 Å². The summed E-state index contributed by atoms with van der Waals surface area (Å²) in [6, 6.07) is 0. The standard InChI is InChI=1S/C9H12N2O2/c1-2-9(5-10-6-9)11-7(12)3-4-8(11)13/h3-4,10H,2,5-6H2,1H3. The maximum absolute atomic E-state index is 11.4. The average Bonchev–Trinajstić information content (AvgIpc) is 2.35. The predicted octanol–water partition coefficient (Wildman–Crippen LogP) is -0.337. The molecule has 2 aliphatic heterocycles. The molecule has 4 heteroatoms. The number of carbonyl (C=O) groups is 2. The highest BCUT2D eigenvalue weighted by molar-refractivity contribution is 6.13. The van der Waals surface area contributed by atoms with Crippen LogP contribution in [0.1, 0.15) is 13.3 Å². The molecule has 2 aliphatic rings. The first-order valence-electron chi connectivity index (χ1n) is 4.46. The third-order valence-corrected chi connectivity index (χ3v) is 2.85. The van der Waals surface area contributed by atoms with E-state index in [9.17, 15) is 9.59 Å².